The third-order valence-electron chi connectivity index (χ3n) is 3.60. The Morgan fingerprint density at radius 1 is 1.50 bits per heavy atom. The SMILES string of the molecule is CCCC(N)CC(=O)N(CCOC)C1CCS(=O)(=O)C1. The van der Waals surface area contributed by atoms with Crippen molar-refractivity contribution < 1.29 is 17.9 Å². The molecule has 118 valence electrons. The van der Waals surface area contributed by atoms with Gasteiger partial charge in [0.25, 0.3) is 0 Å². The first-order valence-corrected chi connectivity index (χ1v) is 8.96. The van der Waals surface area contributed by atoms with Gasteiger partial charge in [-0.05, 0) is 12.8 Å². The van der Waals surface area contributed by atoms with Crippen molar-refractivity contribution >= 4 is 15.7 Å². The molecule has 0 aromatic carbocycles. The van der Waals surface area contributed by atoms with Gasteiger partial charge >= 0.3 is 0 Å². The average molecular weight is 306 g/mol. The summed E-state index contributed by atoms with van der Waals surface area (Å²) in [6.45, 7) is 2.86. The Hall–Kier alpha value is -0.660. The normalized spacial score (nSPS) is 22.6. The molecule has 1 saturated heterocycles. The van der Waals surface area contributed by atoms with Gasteiger partial charge in [-0.1, -0.05) is 13.3 Å². The van der Waals surface area contributed by atoms with Gasteiger partial charge in [-0.3, -0.25) is 4.79 Å². The summed E-state index contributed by atoms with van der Waals surface area (Å²) in [6.07, 6.45) is 2.52. The van der Waals surface area contributed by atoms with Crippen molar-refractivity contribution in [1.29, 1.82) is 0 Å². The van der Waals surface area contributed by atoms with E-state index >= 15 is 0 Å². The van der Waals surface area contributed by atoms with Crippen LogP contribution in [0.25, 0.3) is 0 Å². The molecule has 0 radical (unpaired) electrons. The van der Waals surface area contributed by atoms with Crippen LogP contribution in [0.3, 0.4) is 0 Å². The fourth-order valence-corrected chi connectivity index (χ4v) is 4.27. The first-order valence-electron chi connectivity index (χ1n) is 7.14. The first-order chi connectivity index (χ1) is 9.39. The number of rotatable bonds is 8. The maximum Gasteiger partial charge on any atom is 0.224 e. The summed E-state index contributed by atoms with van der Waals surface area (Å²) in [4.78, 5) is 14.0. The predicted octanol–water partition coefficient (Wildman–Crippen LogP) is 0.166. The maximum atomic E-state index is 12.3. The van der Waals surface area contributed by atoms with E-state index < -0.39 is 9.84 Å². The lowest BCUT2D eigenvalue weighted by Crippen LogP contribution is -2.45. The zero-order valence-corrected chi connectivity index (χ0v) is 13.2. The third-order valence-corrected chi connectivity index (χ3v) is 5.35. The number of hydrogen-bond acceptors (Lipinski definition) is 5. The second kappa shape index (κ2) is 7.95. The standard InChI is InChI=1S/C13H26N2O4S/c1-3-4-11(14)9-13(16)15(6-7-19-2)12-5-8-20(17,18)10-12/h11-12H,3-10,14H2,1-2H3. The molecule has 20 heavy (non-hydrogen) atoms. The van der Waals surface area contributed by atoms with E-state index in [9.17, 15) is 13.2 Å². The van der Waals surface area contributed by atoms with Gasteiger partial charge in [-0.15, -0.1) is 0 Å². The number of amides is 1. The lowest BCUT2D eigenvalue weighted by atomic mass is 10.1. The number of nitrogens with two attached hydrogens (primary N) is 1. The number of hydrogen-bond donors (Lipinski definition) is 1. The molecule has 0 aromatic heterocycles. The van der Waals surface area contributed by atoms with E-state index in [1.165, 1.54) is 0 Å². The van der Waals surface area contributed by atoms with Crippen LogP contribution >= 0.6 is 0 Å². The van der Waals surface area contributed by atoms with Crippen molar-refractivity contribution in [2.45, 2.75) is 44.7 Å². The van der Waals surface area contributed by atoms with E-state index in [0.29, 0.717) is 19.6 Å². The van der Waals surface area contributed by atoms with E-state index in [4.69, 9.17) is 10.5 Å². The molecule has 2 unspecified atom stereocenters. The zero-order chi connectivity index (χ0) is 15.2. The van der Waals surface area contributed by atoms with Gasteiger partial charge in [-0.2, -0.15) is 0 Å². The summed E-state index contributed by atoms with van der Waals surface area (Å²) in [5.74, 6) is 0.158. The van der Waals surface area contributed by atoms with Gasteiger partial charge in [0, 0.05) is 32.2 Å². The van der Waals surface area contributed by atoms with E-state index in [1.807, 2.05) is 6.92 Å². The van der Waals surface area contributed by atoms with E-state index in [0.717, 1.165) is 12.8 Å². The second-order valence-electron chi connectivity index (χ2n) is 5.39. The van der Waals surface area contributed by atoms with E-state index in [2.05, 4.69) is 0 Å². The van der Waals surface area contributed by atoms with Crippen molar-refractivity contribution in [2.24, 2.45) is 5.73 Å². The summed E-state index contributed by atoms with van der Waals surface area (Å²) >= 11 is 0. The number of methoxy groups -OCH3 is 1. The fraction of sp³-hybridized carbons (Fsp3) is 0.923. The molecule has 1 amide bonds. The summed E-state index contributed by atoms with van der Waals surface area (Å²) in [5, 5.41) is 0. The van der Waals surface area contributed by atoms with Crippen LogP contribution in [-0.2, 0) is 19.4 Å². The van der Waals surface area contributed by atoms with E-state index in [1.54, 1.807) is 12.0 Å². The van der Waals surface area contributed by atoms with Crippen molar-refractivity contribution in [3.63, 3.8) is 0 Å². The molecule has 1 rings (SSSR count). The number of ether oxygens (including phenoxy) is 1. The Kier molecular flexibility index (Phi) is 6.91. The molecule has 2 N–H and O–H groups in total. The minimum Gasteiger partial charge on any atom is -0.383 e. The molecule has 0 saturated carbocycles. The number of carbonyl (C=O) groups is 1. The van der Waals surface area contributed by atoms with Crippen LogP contribution in [0, 0.1) is 0 Å². The highest BCUT2D eigenvalue weighted by Gasteiger charge is 2.34. The van der Waals surface area contributed by atoms with Crippen LogP contribution in [-0.4, -0.2) is 63.1 Å². The van der Waals surface area contributed by atoms with Crippen molar-refractivity contribution in [1.82, 2.24) is 4.90 Å². The minimum atomic E-state index is -3.00. The van der Waals surface area contributed by atoms with Gasteiger partial charge in [0.05, 0.1) is 18.1 Å². The van der Waals surface area contributed by atoms with Crippen LogP contribution in [0.4, 0.5) is 0 Å². The number of carbonyl (C=O) groups excluding carboxylic acids is 1. The quantitative estimate of drug-likeness (QED) is 0.690. The molecule has 1 aliphatic rings. The highest BCUT2D eigenvalue weighted by molar-refractivity contribution is 7.91. The molecule has 1 aliphatic heterocycles. The summed E-state index contributed by atoms with van der Waals surface area (Å²) in [6, 6.07) is -0.382. The molecule has 2 atom stereocenters. The first kappa shape index (κ1) is 17.4. The molecule has 0 aromatic rings. The highest BCUT2D eigenvalue weighted by Crippen LogP contribution is 2.19. The van der Waals surface area contributed by atoms with Crippen molar-refractivity contribution in [2.75, 3.05) is 31.8 Å². The molecule has 7 heteroatoms. The van der Waals surface area contributed by atoms with E-state index in [-0.39, 0.29) is 35.9 Å². The zero-order valence-electron chi connectivity index (χ0n) is 12.4. The summed E-state index contributed by atoms with van der Waals surface area (Å²) in [7, 11) is -1.44. The molecule has 1 fully saturated rings. The monoisotopic (exact) mass is 306 g/mol. The Labute approximate surface area is 121 Å². The van der Waals surface area contributed by atoms with Crippen LogP contribution in [0.5, 0.6) is 0 Å². The molecule has 1 heterocycles. The minimum absolute atomic E-state index is 0.0610. The fourth-order valence-electron chi connectivity index (χ4n) is 2.54. The molecular formula is C13H26N2O4S. The Morgan fingerprint density at radius 3 is 2.70 bits per heavy atom. The van der Waals surface area contributed by atoms with Gasteiger partial charge in [0.1, 0.15) is 0 Å². The molecule has 0 aliphatic carbocycles. The van der Waals surface area contributed by atoms with Crippen LogP contribution in [0.15, 0.2) is 0 Å². The second-order valence-corrected chi connectivity index (χ2v) is 7.62. The molecule has 6 nitrogen and oxygen atoms in total. The molecule has 0 spiro atoms. The Morgan fingerprint density at radius 2 is 2.20 bits per heavy atom. The number of nitrogens with zero attached hydrogens (tertiary/aromatic N) is 1. The molecule has 0 bridgehead atoms. The van der Waals surface area contributed by atoms with Gasteiger partial charge < -0.3 is 15.4 Å². The van der Waals surface area contributed by atoms with Crippen LogP contribution < -0.4 is 5.73 Å². The highest BCUT2D eigenvalue weighted by atomic mass is 32.2. The summed E-state index contributed by atoms with van der Waals surface area (Å²) < 4.78 is 28.2. The predicted molar refractivity (Wildman–Crippen MR) is 78.1 cm³/mol. The largest absolute Gasteiger partial charge is 0.383 e. The van der Waals surface area contributed by atoms with Crippen molar-refractivity contribution in [3.05, 3.63) is 0 Å². The summed E-state index contributed by atoms with van der Waals surface area (Å²) in [5.41, 5.74) is 5.91. The van der Waals surface area contributed by atoms with Gasteiger partial charge in [-0.25, -0.2) is 8.42 Å². The Bertz CT molecular complexity index is 411. The third kappa shape index (κ3) is 5.38. The average Bonchev–Trinajstić information content (AvgIpc) is 2.70. The smallest absolute Gasteiger partial charge is 0.224 e. The van der Waals surface area contributed by atoms with Gasteiger partial charge in [0.2, 0.25) is 5.91 Å². The lowest BCUT2D eigenvalue weighted by Gasteiger charge is -2.29. The topological polar surface area (TPSA) is 89.7 Å². The van der Waals surface area contributed by atoms with Crippen LogP contribution in [0.1, 0.15) is 32.6 Å². The van der Waals surface area contributed by atoms with Gasteiger partial charge in [0.15, 0.2) is 9.84 Å². The maximum absolute atomic E-state index is 12.3. The lowest BCUT2D eigenvalue weighted by molar-refractivity contribution is -0.134. The van der Waals surface area contributed by atoms with Crippen molar-refractivity contribution in [3.8, 4) is 0 Å². The van der Waals surface area contributed by atoms with Crippen LogP contribution in [0.2, 0.25) is 0 Å². The Balaban J connectivity index is 2.66. The number of sulfone groups is 1. The molecular weight excluding hydrogens is 280 g/mol.